The predicted molar refractivity (Wildman–Crippen MR) is 150 cm³/mol. The number of aromatic hydroxyl groups is 1. The quantitative estimate of drug-likeness (QED) is 0.524. The van der Waals surface area contributed by atoms with Gasteiger partial charge in [-0.15, -0.1) is 6.42 Å². The molecular formula is C31H37N5O4. The van der Waals surface area contributed by atoms with Crippen LogP contribution in [0, 0.1) is 18.3 Å². The van der Waals surface area contributed by atoms with Crippen molar-refractivity contribution in [1.82, 2.24) is 25.1 Å². The van der Waals surface area contributed by atoms with Crippen molar-refractivity contribution in [2.45, 2.75) is 57.3 Å². The second-order valence-electron chi connectivity index (χ2n) is 10.9. The summed E-state index contributed by atoms with van der Waals surface area (Å²) in [7, 11) is 0. The summed E-state index contributed by atoms with van der Waals surface area (Å²) < 4.78 is 0. The monoisotopic (exact) mass is 543 g/mol. The average molecular weight is 544 g/mol. The Morgan fingerprint density at radius 1 is 1.00 bits per heavy atom. The number of phenols is 1. The van der Waals surface area contributed by atoms with Gasteiger partial charge in [-0.05, 0) is 42.0 Å². The number of piperazine rings is 1. The van der Waals surface area contributed by atoms with Crippen LogP contribution >= 0.6 is 0 Å². The smallest absolute Gasteiger partial charge is 0.334 e. The highest BCUT2D eigenvalue weighted by molar-refractivity contribution is 5.91. The number of hydrazine groups is 1. The molecule has 0 unspecified atom stereocenters. The van der Waals surface area contributed by atoms with Crippen LogP contribution in [0.2, 0.25) is 0 Å². The van der Waals surface area contributed by atoms with Gasteiger partial charge in [-0.3, -0.25) is 9.59 Å². The van der Waals surface area contributed by atoms with Crippen molar-refractivity contribution < 1.29 is 19.5 Å². The minimum atomic E-state index is -0.767. The van der Waals surface area contributed by atoms with Crippen LogP contribution in [0.4, 0.5) is 4.79 Å². The number of carbonyl (C=O) groups excluding carboxylic acids is 3. The lowest BCUT2D eigenvalue weighted by atomic mass is 9.88. The van der Waals surface area contributed by atoms with Crippen LogP contribution in [-0.2, 0) is 22.6 Å². The summed E-state index contributed by atoms with van der Waals surface area (Å²) in [6, 6.07) is 15.2. The number of benzene rings is 2. The van der Waals surface area contributed by atoms with E-state index in [1.807, 2.05) is 35.2 Å². The van der Waals surface area contributed by atoms with Crippen LogP contribution in [0.5, 0.6) is 5.75 Å². The first-order valence-corrected chi connectivity index (χ1v) is 14.1. The summed E-state index contributed by atoms with van der Waals surface area (Å²) in [4.78, 5) is 44.8. The molecule has 3 aliphatic rings. The van der Waals surface area contributed by atoms with Crippen LogP contribution in [-0.4, -0.2) is 81.2 Å². The summed E-state index contributed by atoms with van der Waals surface area (Å²) in [5.41, 5.74) is 1.78. The number of hydrogen-bond acceptors (Lipinski definition) is 5. The third-order valence-corrected chi connectivity index (χ3v) is 8.17. The van der Waals surface area contributed by atoms with Crippen LogP contribution in [0.25, 0.3) is 0 Å². The molecule has 2 N–H and O–H groups in total. The first-order valence-electron chi connectivity index (χ1n) is 14.1. The second kappa shape index (κ2) is 12.4. The number of nitrogens with zero attached hydrogens (tertiary/aromatic N) is 4. The maximum atomic E-state index is 14.0. The third kappa shape index (κ3) is 6.07. The van der Waals surface area contributed by atoms with Gasteiger partial charge in [-0.2, -0.15) is 5.01 Å². The first-order chi connectivity index (χ1) is 19.4. The Morgan fingerprint density at radius 3 is 2.42 bits per heavy atom. The molecule has 1 saturated carbocycles. The van der Waals surface area contributed by atoms with E-state index in [0.717, 1.165) is 36.8 Å². The van der Waals surface area contributed by atoms with Gasteiger partial charge < -0.3 is 20.2 Å². The zero-order valence-corrected chi connectivity index (χ0v) is 22.7. The van der Waals surface area contributed by atoms with E-state index in [1.54, 1.807) is 39.2 Å². The lowest BCUT2D eigenvalue weighted by molar-refractivity contribution is -0.189. The highest BCUT2D eigenvalue weighted by Gasteiger charge is 2.51. The van der Waals surface area contributed by atoms with Crippen molar-refractivity contribution in [3.05, 3.63) is 65.7 Å². The Morgan fingerprint density at radius 2 is 1.73 bits per heavy atom. The molecule has 1 aliphatic carbocycles. The molecule has 9 heteroatoms. The molecule has 4 amide bonds. The van der Waals surface area contributed by atoms with Gasteiger partial charge in [-0.25, -0.2) is 9.80 Å². The number of carbonyl (C=O) groups is 3. The third-order valence-electron chi connectivity index (χ3n) is 8.17. The standard InChI is InChI=1S/C31H37N5O4/c1-2-17-34-22-29(38)35-27(18-23-13-15-26(37)16-14-23)30(39)33(20-25-11-7-4-8-12-25)21-28(35)36(34)31(40)32-19-24-9-5-3-6-10-24/h1,3,5-6,9-10,13-16,25,27-28,37H,4,7-8,11-12,17-22H2,(H,32,40)/t27-,28-/m0/s1. The normalized spacial score (nSPS) is 22.1. The molecule has 0 radical (unpaired) electrons. The molecule has 2 aromatic rings. The molecule has 0 spiro atoms. The average Bonchev–Trinajstić information content (AvgIpc) is 2.96. The zero-order chi connectivity index (χ0) is 28.1. The van der Waals surface area contributed by atoms with Gasteiger partial charge >= 0.3 is 6.03 Å². The number of urea groups is 1. The Hall–Kier alpha value is -4.03. The number of rotatable bonds is 7. The number of hydrogen-bond donors (Lipinski definition) is 2. The SMILES string of the molecule is C#CCN1CC(=O)N2[C@@H](Cc3ccc(O)cc3)C(=O)N(CC3CCCCC3)C[C@@H]2N1C(=O)NCc1ccccc1. The molecule has 40 heavy (non-hydrogen) atoms. The number of fused-ring (bicyclic) bond motifs is 1. The molecule has 2 aliphatic heterocycles. The summed E-state index contributed by atoms with van der Waals surface area (Å²) >= 11 is 0. The molecule has 2 saturated heterocycles. The molecule has 5 rings (SSSR count). The molecule has 2 heterocycles. The Bertz CT molecular complexity index is 1240. The van der Waals surface area contributed by atoms with Gasteiger partial charge in [-0.1, -0.05) is 67.6 Å². The highest BCUT2D eigenvalue weighted by atomic mass is 16.3. The van der Waals surface area contributed by atoms with Crippen molar-refractivity contribution in [3.8, 4) is 18.1 Å². The Balaban J connectivity index is 1.46. The van der Waals surface area contributed by atoms with E-state index >= 15 is 0 Å². The largest absolute Gasteiger partial charge is 0.508 e. The van der Waals surface area contributed by atoms with Crippen LogP contribution < -0.4 is 5.32 Å². The van der Waals surface area contributed by atoms with Crippen molar-refractivity contribution in [2.24, 2.45) is 5.92 Å². The van der Waals surface area contributed by atoms with Gasteiger partial charge in [0.15, 0.2) is 0 Å². The highest BCUT2D eigenvalue weighted by Crippen LogP contribution is 2.31. The molecule has 2 atom stereocenters. The van der Waals surface area contributed by atoms with E-state index in [4.69, 9.17) is 6.42 Å². The lowest BCUT2D eigenvalue weighted by Crippen LogP contribution is -2.77. The number of amides is 4. The van der Waals surface area contributed by atoms with Gasteiger partial charge in [0.2, 0.25) is 11.8 Å². The maximum Gasteiger partial charge on any atom is 0.334 e. The topological polar surface area (TPSA) is 96.4 Å². The van der Waals surface area contributed by atoms with Crippen molar-refractivity contribution in [2.75, 3.05) is 26.2 Å². The lowest BCUT2D eigenvalue weighted by Gasteiger charge is -2.55. The number of phenolic OH excluding ortho intramolecular Hbond substituents is 1. The summed E-state index contributed by atoms with van der Waals surface area (Å²) in [6.45, 7) is 1.16. The number of nitrogens with one attached hydrogen (secondary N) is 1. The second-order valence-corrected chi connectivity index (χ2v) is 10.9. The van der Waals surface area contributed by atoms with E-state index in [-0.39, 0.29) is 49.7 Å². The fourth-order valence-electron chi connectivity index (χ4n) is 6.19. The van der Waals surface area contributed by atoms with E-state index in [2.05, 4.69) is 11.2 Å². The van der Waals surface area contributed by atoms with Crippen LogP contribution in [0.15, 0.2) is 54.6 Å². The van der Waals surface area contributed by atoms with Crippen LogP contribution in [0.1, 0.15) is 43.2 Å². The Kier molecular flexibility index (Phi) is 8.56. The number of terminal acetylenes is 1. The summed E-state index contributed by atoms with van der Waals surface area (Å²) in [5.74, 6) is 2.79. The molecule has 3 fully saturated rings. The molecule has 2 aromatic carbocycles. The van der Waals surface area contributed by atoms with Crippen LogP contribution in [0.3, 0.4) is 0 Å². The van der Waals surface area contributed by atoms with Crippen molar-refractivity contribution in [3.63, 3.8) is 0 Å². The summed E-state index contributed by atoms with van der Waals surface area (Å²) in [6.07, 6.45) is 10.9. The van der Waals surface area contributed by atoms with E-state index < -0.39 is 12.2 Å². The van der Waals surface area contributed by atoms with Gasteiger partial charge in [0.1, 0.15) is 18.0 Å². The summed E-state index contributed by atoms with van der Waals surface area (Å²) in [5, 5.41) is 15.9. The van der Waals surface area contributed by atoms with Crippen molar-refractivity contribution in [1.29, 1.82) is 0 Å². The first kappa shape index (κ1) is 27.5. The van der Waals surface area contributed by atoms with E-state index in [1.165, 1.54) is 6.42 Å². The minimum absolute atomic E-state index is 0.0913. The zero-order valence-electron chi connectivity index (χ0n) is 22.7. The van der Waals surface area contributed by atoms with E-state index in [9.17, 15) is 19.5 Å². The van der Waals surface area contributed by atoms with Crippen molar-refractivity contribution >= 4 is 17.8 Å². The van der Waals surface area contributed by atoms with Gasteiger partial charge in [0, 0.05) is 19.5 Å². The minimum Gasteiger partial charge on any atom is -0.508 e. The fourth-order valence-corrected chi connectivity index (χ4v) is 6.19. The molecule has 9 nitrogen and oxygen atoms in total. The molecular weight excluding hydrogens is 506 g/mol. The maximum absolute atomic E-state index is 14.0. The van der Waals surface area contributed by atoms with Gasteiger partial charge in [0.05, 0.1) is 19.6 Å². The molecule has 210 valence electrons. The fraction of sp³-hybridized carbons (Fsp3) is 0.452. The Labute approximate surface area is 235 Å². The van der Waals surface area contributed by atoms with Gasteiger partial charge in [0.25, 0.3) is 0 Å². The predicted octanol–water partition coefficient (Wildman–Crippen LogP) is 2.96. The molecule has 0 bridgehead atoms. The molecule has 0 aromatic heterocycles. The van der Waals surface area contributed by atoms with E-state index in [0.29, 0.717) is 19.0 Å².